The third-order valence-electron chi connectivity index (χ3n) is 16.1. The number of phosphoric ester groups is 2. The second-order valence-electron chi connectivity index (χ2n) is 26.2. The zero-order valence-corrected chi connectivity index (χ0v) is 68.5. The van der Waals surface area contributed by atoms with Gasteiger partial charge in [0.15, 0.2) is 12.2 Å². The van der Waals surface area contributed by atoms with Gasteiger partial charge in [0.2, 0.25) is 0 Å². The highest BCUT2D eigenvalue weighted by Gasteiger charge is 2.30. The Morgan fingerprint density at radius 3 is 0.889 bits per heavy atom. The second-order valence-corrected chi connectivity index (χ2v) is 29.1. The van der Waals surface area contributed by atoms with Gasteiger partial charge in [0.05, 0.1) is 32.8 Å². The number of esters is 4. The number of aliphatic hydroxyl groups is 1. The lowest BCUT2D eigenvalue weighted by Gasteiger charge is -2.21. The fraction of sp³-hybridized carbons (Fsp3) is 0.596. The molecular weight excluding hydrogens is 1400 g/mol. The van der Waals surface area contributed by atoms with Gasteiger partial charge in [-0.2, -0.15) is 0 Å². The van der Waals surface area contributed by atoms with E-state index in [-0.39, 0.29) is 25.7 Å². The number of hydrogen-bond acceptors (Lipinski definition) is 15. The van der Waals surface area contributed by atoms with Crippen LogP contribution >= 0.6 is 15.6 Å². The molecule has 0 fully saturated rings. The summed E-state index contributed by atoms with van der Waals surface area (Å²) in [6.45, 7) is 4.28. The molecule has 3 N–H and O–H groups in total. The number of hydrogen-bond donors (Lipinski definition) is 3. The largest absolute Gasteiger partial charge is 0.472 e. The highest BCUT2D eigenvalue weighted by Crippen LogP contribution is 2.45. The Hall–Kier alpha value is -6.10. The minimum atomic E-state index is -5.03. The number of carbonyl (C=O) groups excluding carboxylic acids is 4. The van der Waals surface area contributed by atoms with Gasteiger partial charge in [0.25, 0.3) is 0 Å². The topological polar surface area (TPSA) is 237 Å². The molecule has 17 nitrogen and oxygen atoms in total. The summed E-state index contributed by atoms with van der Waals surface area (Å²) in [6, 6.07) is 0. The van der Waals surface area contributed by atoms with Crippen LogP contribution in [0.5, 0.6) is 0 Å². The predicted octanol–water partition coefficient (Wildman–Crippen LogP) is 24.1. The van der Waals surface area contributed by atoms with Crippen LogP contribution in [0.1, 0.15) is 285 Å². The highest BCUT2D eigenvalue weighted by atomic mass is 31.2. The lowest BCUT2D eigenvalue weighted by atomic mass is 10.1. The second kappa shape index (κ2) is 79.0. The first-order valence-electron chi connectivity index (χ1n) is 40.7. The van der Waals surface area contributed by atoms with Crippen molar-refractivity contribution in [2.24, 2.45) is 0 Å². The number of allylic oxidation sites excluding steroid dienone is 31. The molecule has 0 rings (SSSR count). The zero-order valence-electron chi connectivity index (χ0n) is 66.7. The predicted molar refractivity (Wildman–Crippen MR) is 445 cm³/mol. The monoisotopic (exact) mass is 1540 g/mol. The summed E-state index contributed by atoms with van der Waals surface area (Å²) in [5.41, 5.74) is 0. The van der Waals surface area contributed by atoms with Crippen molar-refractivity contribution < 1.29 is 80.2 Å². The third-order valence-corrected chi connectivity index (χ3v) is 18.0. The maximum atomic E-state index is 13.1. The Bertz CT molecular complexity index is 2810. The molecule has 0 spiro atoms. The Balaban J connectivity index is 5.52. The van der Waals surface area contributed by atoms with Gasteiger partial charge in [-0.25, -0.2) is 9.13 Å². The number of unbranched alkanes of at least 4 members (excludes halogenated alkanes) is 17. The fourth-order valence-corrected chi connectivity index (χ4v) is 11.6. The quantitative estimate of drug-likeness (QED) is 0.0169. The molecule has 0 aromatic heterocycles. The summed E-state index contributed by atoms with van der Waals surface area (Å²) in [6.07, 6.45) is 97.4. The number of ether oxygens (including phenoxy) is 4. The molecule has 5 atom stereocenters. The Morgan fingerprint density at radius 1 is 0.278 bits per heavy atom. The molecule has 0 heterocycles. The fourth-order valence-electron chi connectivity index (χ4n) is 10.0. The van der Waals surface area contributed by atoms with Crippen LogP contribution in [0.15, 0.2) is 194 Å². The molecule has 5 unspecified atom stereocenters. The average Bonchev–Trinajstić information content (AvgIpc) is 0.923. The van der Waals surface area contributed by atoms with Crippen molar-refractivity contribution in [3.63, 3.8) is 0 Å². The number of phosphoric acid groups is 2. The summed E-state index contributed by atoms with van der Waals surface area (Å²) in [5.74, 6) is -2.46. The van der Waals surface area contributed by atoms with Crippen molar-refractivity contribution >= 4 is 39.5 Å². The first-order valence-corrected chi connectivity index (χ1v) is 43.7. The smallest absolute Gasteiger partial charge is 0.462 e. The molecule has 0 amide bonds. The molecule has 610 valence electrons. The number of aliphatic hydroxyl groups excluding tert-OH is 1. The van der Waals surface area contributed by atoms with Crippen molar-refractivity contribution in [3.8, 4) is 0 Å². The van der Waals surface area contributed by atoms with E-state index in [1.54, 1.807) is 12.2 Å². The lowest BCUT2D eigenvalue weighted by molar-refractivity contribution is -0.161. The summed E-state index contributed by atoms with van der Waals surface area (Å²) in [4.78, 5) is 73.0. The van der Waals surface area contributed by atoms with Crippen LogP contribution in [0.25, 0.3) is 0 Å². The molecule has 0 aromatic rings. The number of rotatable bonds is 74. The summed E-state index contributed by atoms with van der Waals surface area (Å²) in [7, 11) is -10.0. The van der Waals surface area contributed by atoms with E-state index < -0.39 is 97.5 Å². The highest BCUT2D eigenvalue weighted by molar-refractivity contribution is 7.47. The van der Waals surface area contributed by atoms with E-state index in [1.807, 2.05) is 30.4 Å². The first-order chi connectivity index (χ1) is 52.7. The van der Waals surface area contributed by atoms with Crippen LogP contribution in [-0.4, -0.2) is 96.7 Å². The number of carbonyl (C=O) groups is 4. The van der Waals surface area contributed by atoms with Crippen molar-refractivity contribution in [1.29, 1.82) is 0 Å². The van der Waals surface area contributed by atoms with Gasteiger partial charge in [0, 0.05) is 19.3 Å². The van der Waals surface area contributed by atoms with E-state index in [0.29, 0.717) is 32.1 Å². The van der Waals surface area contributed by atoms with E-state index in [1.165, 1.54) is 38.5 Å². The van der Waals surface area contributed by atoms with Crippen LogP contribution < -0.4 is 0 Å². The van der Waals surface area contributed by atoms with Gasteiger partial charge in [-0.1, -0.05) is 299 Å². The summed E-state index contributed by atoms with van der Waals surface area (Å²) in [5, 5.41) is 10.6. The maximum Gasteiger partial charge on any atom is 0.472 e. The van der Waals surface area contributed by atoms with E-state index in [2.05, 4.69) is 180 Å². The van der Waals surface area contributed by atoms with Crippen LogP contribution in [0.4, 0.5) is 0 Å². The summed E-state index contributed by atoms with van der Waals surface area (Å²) < 4.78 is 68.4. The van der Waals surface area contributed by atoms with Crippen LogP contribution in [0, 0.1) is 0 Å². The standard InChI is InChI=1S/C89H142O17P2/c1-5-9-13-17-21-25-29-33-37-39-41-43-47-49-53-57-61-65-69-73-86(91)99-79-84(105-88(93)75-71-67-63-59-55-51-45-35-31-27-23-19-15-11-7-3)81-103-107(95,96)101-77-83(90)78-102-108(97,98)104-82-85(106-89(94)76-72-68-64-60-56-52-46-36-32-28-24-20-16-12-8-4)80-100-87(92)74-70-66-62-58-54-50-48-44-42-40-38-34-30-26-22-18-14-10-6-2/h9-11,13-15,21-23,25-27,33-38,41-46,49,53,55,59,61,65,67,71,83-85,90H,5-8,12,16-20,24,28-32,39-40,47-48,50-52,54,56-58,60,62-64,66,68-70,72-82H2,1-4H3,(H,95,96)(H,97,98)/b13-9-,14-10-,15-11-,25-21-,26-22-,27-23-,37-33-,38-34-,43-41-,44-42-,45-35-,46-36-,53-49-,59-55-,65-61-,71-67-. The van der Waals surface area contributed by atoms with E-state index in [0.717, 1.165) is 161 Å². The SMILES string of the molecule is CC/C=C\C/C=C\C/C=C\C/C=C\C/C=C\C/C=C\CCC(=O)OCC(COP(=O)(O)OCC(O)COP(=O)(O)OCC(COC(=O)CCCCCCCC/C=C\C/C=C\C/C=C\C/C=C\CC)OC(=O)CCCCCCC/C=C\CCCCCCCC)OC(=O)C/C=C\C/C=C\C/C=C\C/C=C\C/C=C\CC. The molecule has 0 aliphatic rings. The van der Waals surface area contributed by atoms with Gasteiger partial charge < -0.3 is 33.8 Å². The van der Waals surface area contributed by atoms with Crippen LogP contribution in [0.3, 0.4) is 0 Å². The van der Waals surface area contributed by atoms with Gasteiger partial charge in [-0.3, -0.25) is 37.3 Å². The minimum Gasteiger partial charge on any atom is -0.462 e. The van der Waals surface area contributed by atoms with E-state index in [9.17, 15) is 43.2 Å². The van der Waals surface area contributed by atoms with E-state index in [4.69, 9.17) is 37.0 Å². The molecule has 0 saturated carbocycles. The molecule has 0 saturated heterocycles. The molecule has 19 heteroatoms. The molecule has 0 radical (unpaired) electrons. The molecule has 108 heavy (non-hydrogen) atoms. The van der Waals surface area contributed by atoms with Crippen LogP contribution in [0.2, 0.25) is 0 Å². The van der Waals surface area contributed by atoms with Crippen molar-refractivity contribution in [3.05, 3.63) is 194 Å². The van der Waals surface area contributed by atoms with Gasteiger partial charge in [0.1, 0.15) is 19.3 Å². The lowest BCUT2D eigenvalue weighted by Crippen LogP contribution is -2.30. The Labute approximate surface area is 653 Å². The van der Waals surface area contributed by atoms with Gasteiger partial charge in [-0.15, -0.1) is 0 Å². The minimum absolute atomic E-state index is 0.00887. The molecular formula is C89H142O17P2. The van der Waals surface area contributed by atoms with Gasteiger partial charge >= 0.3 is 39.5 Å². The molecule has 0 aromatic carbocycles. The first kappa shape index (κ1) is 102. The van der Waals surface area contributed by atoms with Crippen LogP contribution in [-0.2, 0) is 65.4 Å². The van der Waals surface area contributed by atoms with Gasteiger partial charge in [-0.05, 0) is 154 Å². The third kappa shape index (κ3) is 78.0. The molecule has 0 bridgehead atoms. The molecule has 0 aliphatic carbocycles. The normalized spacial score (nSPS) is 14.8. The Morgan fingerprint density at radius 2 is 0.537 bits per heavy atom. The van der Waals surface area contributed by atoms with Crippen molar-refractivity contribution in [1.82, 2.24) is 0 Å². The summed E-state index contributed by atoms with van der Waals surface area (Å²) >= 11 is 0. The molecule has 0 aliphatic heterocycles. The Kier molecular flexibility index (Phi) is 74.5. The zero-order chi connectivity index (χ0) is 78.9. The van der Waals surface area contributed by atoms with E-state index >= 15 is 0 Å². The van der Waals surface area contributed by atoms with Crippen molar-refractivity contribution in [2.45, 2.75) is 303 Å². The van der Waals surface area contributed by atoms with Crippen molar-refractivity contribution in [2.75, 3.05) is 39.6 Å². The maximum absolute atomic E-state index is 13.1. The average molecular weight is 1550 g/mol.